The molecule has 33 heavy (non-hydrogen) atoms. The first kappa shape index (κ1) is 21.0. The van der Waals surface area contributed by atoms with E-state index in [1.165, 1.54) is 4.52 Å². The van der Waals surface area contributed by atoms with E-state index in [1.807, 2.05) is 17.5 Å². The van der Waals surface area contributed by atoms with Crippen molar-refractivity contribution >= 4 is 34.5 Å². The van der Waals surface area contributed by atoms with Crippen LogP contribution in [-0.4, -0.2) is 46.3 Å². The quantitative estimate of drug-likeness (QED) is 0.404. The van der Waals surface area contributed by atoms with Gasteiger partial charge >= 0.3 is 5.97 Å². The molecule has 0 bridgehead atoms. The Balaban J connectivity index is 1.37. The van der Waals surface area contributed by atoms with Crippen molar-refractivity contribution in [2.75, 3.05) is 24.7 Å². The number of anilines is 1. The van der Waals surface area contributed by atoms with Gasteiger partial charge in [0.1, 0.15) is 18.8 Å². The van der Waals surface area contributed by atoms with Crippen molar-refractivity contribution in [1.29, 1.82) is 0 Å². The molecule has 0 unspecified atom stereocenters. The van der Waals surface area contributed by atoms with Gasteiger partial charge in [-0.25, -0.2) is 14.3 Å². The van der Waals surface area contributed by atoms with Gasteiger partial charge in [-0.3, -0.25) is 4.79 Å². The smallest absolute Gasteiger partial charge is 0.344 e. The normalized spacial score (nSPS) is 12.5. The van der Waals surface area contributed by atoms with Crippen LogP contribution in [0.1, 0.15) is 20.9 Å². The van der Waals surface area contributed by atoms with Gasteiger partial charge in [-0.2, -0.15) is 5.10 Å². The number of hydrogen-bond donors (Lipinski definition) is 0. The van der Waals surface area contributed by atoms with Crippen molar-refractivity contribution in [3.05, 3.63) is 70.3 Å². The van der Waals surface area contributed by atoms with Crippen LogP contribution in [0.3, 0.4) is 0 Å². The zero-order valence-electron chi connectivity index (χ0n) is 17.8. The molecule has 10 heteroatoms. The van der Waals surface area contributed by atoms with E-state index < -0.39 is 12.6 Å². The summed E-state index contributed by atoms with van der Waals surface area (Å²) in [4.78, 5) is 32.8. The highest BCUT2D eigenvalue weighted by molar-refractivity contribution is 7.09. The zero-order chi connectivity index (χ0) is 22.8. The van der Waals surface area contributed by atoms with E-state index in [-0.39, 0.29) is 11.5 Å². The third-order valence-electron chi connectivity index (χ3n) is 5.13. The highest BCUT2D eigenvalue weighted by Gasteiger charge is 2.24. The highest BCUT2D eigenvalue weighted by atomic mass is 32.1. The minimum absolute atomic E-state index is 0.243. The van der Waals surface area contributed by atoms with Gasteiger partial charge in [0.2, 0.25) is 0 Å². The lowest BCUT2D eigenvalue weighted by atomic mass is 10.2. The second-order valence-electron chi connectivity index (χ2n) is 7.31. The maximum atomic E-state index is 13.2. The van der Waals surface area contributed by atoms with Crippen LogP contribution in [0.15, 0.2) is 54.2 Å². The molecule has 1 amide bonds. The lowest BCUT2D eigenvalue weighted by Crippen LogP contribution is -2.34. The molecule has 0 radical (unpaired) electrons. The maximum absolute atomic E-state index is 13.2. The number of fused-ring (bicyclic) bond motifs is 2. The van der Waals surface area contributed by atoms with Gasteiger partial charge in [0.25, 0.3) is 5.91 Å². The summed E-state index contributed by atoms with van der Waals surface area (Å²) in [6.45, 7) is 2.54. The topological polar surface area (TPSA) is 95.3 Å². The first-order valence-corrected chi connectivity index (χ1v) is 11.2. The molecule has 0 atom stereocenters. The summed E-state index contributed by atoms with van der Waals surface area (Å²) in [7, 11) is 0. The van der Waals surface area contributed by atoms with Gasteiger partial charge in [0.05, 0.1) is 12.2 Å². The number of rotatable bonds is 6. The Labute approximate surface area is 193 Å². The van der Waals surface area contributed by atoms with Crippen LogP contribution in [0.25, 0.3) is 5.65 Å². The van der Waals surface area contributed by atoms with Crippen molar-refractivity contribution in [3.8, 4) is 11.5 Å². The summed E-state index contributed by atoms with van der Waals surface area (Å²) in [6.07, 6.45) is 3.27. The van der Waals surface area contributed by atoms with Crippen LogP contribution in [0.2, 0.25) is 0 Å². The first-order valence-electron chi connectivity index (χ1n) is 10.3. The zero-order valence-corrected chi connectivity index (χ0v) is 18.6. The van der Waals surface area contributed by atoms with Crippen LogP contribution >= 0.6 is 11.3 Å². The summed E-state index contributed by atoms with van der Waals surface area (Å²) < 4.78 is 18.2. The Bertz CT molecular complexity index is 1320. The fourth-order valence-electron chi connectivity index (χ4n) is 3.59. The van der Waals surface area contributed by atoms with E-state index in [2.05, 4.69) is 10.1 Å². The number of nitrogens with zero attached hydrogens (tertiary/aromatic N) is 4. The molecule has 0 saturated heterocycles. The third-order valence-corrected chi connectivity index (χ3v) is 5.99. The Morgan fingerprint density at radius 1 is 1.18 bits per heavy atom. The molecule has 0 aliphatic carbocycles. The Morgan fingerprint density at radius 2 is 2.03 bits per heavy atom. The number of carbonyl (C=O) groups excluding carboxylic acids is 2. The van der Waals surface area contributed by atoms with E-state index in [0.717, 1.165) is 4.88 Å². The second kappa shape index (κ2) is 8.91. The van der Waals surface area contributed by atoms with Crippen LogP contribution in [0, 0.1) is 6.92 Å². The molecule has 168 valence electrons. The molecule has 5 rings (SSSR count). The van der Waals surface area contributed by atoms with Crippen molar-refractivity contribution in [2.45, 2.75) is 13.5 Å². The van der Waals surface area contributed by atoms with Gasteiger partial charge in [-0.1, -0.05) is 6.07 Å². The first-order chi connectivity index (χ1) is 16.1. The monoisotopic (exact) mass is 464 g/mol. The summed E-state index contributed by atoms with van der Waals surface area (Å²) in [5, 5.41) is 6.22. The molecule has 1 aromatic carbocycles. The highest BCUT2D eigenvalue weighted by Crippen LogP contribution is 2.34. The number of carbonyl (C=O) groups is 2. The fraction of sp³-hybridized carbons (Fsp3) is 0.217. The molecule has 3 aromatic heterocycles. The Morgan fingerprint density at radius 3 is 2.85 bits per heavy atom. The predicted octanol–water partition coefficient (Wildman–Crippen LogP) is 3.26. The average Bonchev–Trinajstić information content (AvgIpc) is 3.47. The summed E-state index contributed by atoms with van der Waals surface area (Å²) >= 11 is 1.54. The molecule has 0 saturated carbocycles. The number of thiophene rings is 1. The number of aryl methyl sites for hydroxylation is 1. The lowest BCUT2D eigenvalue weighted by molar-refractivity contribution is -0.121. The number of amides is 1. The molecule has 1 aliphatic rings. The SMILES string of the molecule is Cc1nn2cccnc2c1C(=O)OCC(=O)N(Cc1cccs1)c1ccc2c(c1)OCCO2. The third kappa shape index (κ3) is 4.24. The molecule has 0 spiro atoms. The van der Waals surface area contributed by atoms with E-state index >= 15 is 0 Å². The Hall–Kier alpha value is -3.92. The molecule has 4 aromatic rings. The van der Waals surface area contributed by atoms with E-state index in [4.69, 9.17) is 14.2 Å². The summed E-state index contributed by atoms with van der Waals surface area (Å²) in [6, 6.07) is 10.9. The largest absolute Gasteiger partial charge is 0.486 e. The van der Waals surface area contributed by atoms with Crippen LogP contribution in [0.5, 0.6) is 11.5 Å². The summed E-state index contributed by atoms with van der Waals surface area (Å²) in [5.41, 5.74) is 1.73. The molecular formula is C23H20N4O5S. The Kier molecular flexibility index (Phi) is 5.66. The maximum Gasteiger partial charge on any atom is 0.344 e. The van der Waals surface area contributed by atoms with Crippen LogP contribution in [-0.2, 0) is 16.1 Å². The van der Waals surface area contributed by atoms with Crippen molar-refractivity contribution in [1.82, 2.24) is 14.6 Å². The van der Waals surface area contributed by atoms with Crippen molar-refractivity contribution in [3.63, 3.8) is 0 Å². The average molecular weight is 465 g/mol. The number of esters is 1. The van der Waals surface area contributed by atoms with Crippen molar-refractivity contribution in [2.24, 2.45) is 0 Å². The van der Waals surface area contributed by atoms with Gasteiger partial charge in [-0.15, -0.1) is 11.3 Å². The van der Waals surface area contributed by atoms with Gasteiger partial charge in [-0.05, 0) is 36.6 Å². The van der Waals surface area contributed by atoms with Gasteiger partial charge < -0.3 is 19.1 Å². The summed E-state index contributed by atoms with van der Waals surface area (Å²) in [5.74, 6) is 0.201. The van der Waals surface area contributed by atoms with E-state index in [0.29, 0.717) is 48.3 Å². The van der Waals surface area contributed by atoms with Crippen molar-refractivity contribution < 1.29 is 23.8 Å². The molecule has 4 heterocycles. The second-order valence-corrected chi connectivity index (χ2v) is 8.34. The number of ether oxygens (including phenoxy) is 3. The van der Waals surface area contributed by atoms with Crippen LogP contribution < -0.4 is 14.4 Å². The van der Waals surface area contributed by atoms with Crippen LogP contribution in [0.4, 0.5) is 5.69 Å². The number of aromatic nitrogens is 3. The van der Waals surface area contributed by atoms with E-state index in [1.54, 1.807) is 59.8 Å². The van der Waals surface area contributed by atoms with Gasteiger partial charge in [0.15, 0.2) is 23.8 Å². The minimum atomic E-state index is -0.646. The molecule has 9 nitrogen and oxygen atoms in total. The number of benzene rings is 1. The lowest BCUT2D eigenvalue weighted by Gasteiger charge is -2.25. The standard InChI is InChI=1S/C23H20N4O5S/c1-15-21(22-24-7-3-8-27(22)25-15)23(29)32-14-20(28)26(13-17-4-2-11-33-17)16-5-6-18-19(12-16)31-10-9-30-18/h2-8,11-12H,9-10,13-14H2,1H3. The number of hydrogen-bond acceptors (Lipinski definition) is 8. The van der Waals surface area contributed by atoms with Gasteiger partial charge in [0, 0.05) is 29.0 Å². The fourth-order valence-corrected chi connectivity index (χ4v) is 4.29. The molecule has 0 N–H and O–H groups in total. The molecule has 0 fully saturated rings. The van der Waals surface area contributed by atoms with E-state index in [9.17, 15) is 9.59 Å². The predicted molar refractivity (Wildman–Crippen MR) is 121 cm³/mol. The molecular weight excluding hydrogens is 444 g/mol. The molecule has 1 aliphatic heterocycles. The minimum Gasteiger partial charge on any atom is -0.486 e.